The molecule has 1 aliphatic carbocycles. The lowest BCUT2D eigenvalue weighted by atomic mass is 10.1. The van der Waals surface area contributed by atoms with E-state index in [1.807, 2.05) is 23.5 Å². The van der Waals surface area contributed by atoms with Crippen molar-refractivity contribution in [2.75, 3.05) is 12.8 Å². The zero-order valence-electron chi connectivity index (χ0n) is 11.7. The summed E-state index contributed by atoms with van der Waals surface area (Å²) in [5, 5.41) is 2.14. The van der Waals surface area contributed by atoms with Gasteiger partial charge in [0, 0.05) is 24.0 Å². The molecule has 0 atom stereocenters. The fourth-order valence-electron chi connectivity index (χ4n) is 2.47. The first kappa shape index (κ1) is 13.5. The van der Waals surface area contributed by atoms with Crippen molar-refractivity contribution in [1.82, 2.24) is 4.90 Å². The Morgan fingerprint density at radius 1 is 1.30 bits per heavy atom. The van der Waals surface area contributed by atoms with Crippen molar-refractivity contribution in [2.24, 2.45) is 0 Å². The third-order valence-corrected chi connectivity index (χ3v) is 4.54. The van der Waals surface area contributed by atoms with Gasteiger partial charge in [-0.1, -0.05) is 12.1 Å². The lowest BCUT2D eigenvalue weighted by molar-refractivity contribution is 0.248. The second-order valence-electron chi connectivity index (χ2n) is 5.29. The predicted molar refractivity (Wildman–Crippen MR) is 84.0 cm³/mol. The summed E-state index contributed by atoms with van der Waals surface area (Å²) in [7, 11) is 1.65. The molecule has 0 unspecified atom stereocenters. The van der Waals surface area contributed by atoms with Gasteiger partial charge >= 0.3 is 0 Å². The van der Waals surface area contributed by atoms with Crippen LogP contribution in [0.3, 0.4) is 0 Å². The van der Waals surface area contributed by atoms with Gasteiger partial charge in [-0.3, -0.25) is 4.90 Å². The molecule has 0 aliphatic heterocycles. The summed E-state index contributed by atoms with van der Waals surface area (Å²) in [6.07, 6.45) is 2.63. The third-order valence-electron chi connectivity index (χ3n) is 3.68. The van der Waals surface area contributed by atoms with Gasteiger partial charge in [-0.05, 0) is 42.0 Å². The van der Waals surface area contributed by atoms with Crippen LogP contribution in [-0.2, 0) is 13.1 Å². The van der Waals surface area contributed by atoms with Gasteiger partial charge in [0.05, 0.1) is 12.8 Å². The Balaban J connectivity index is 1.71. The fraction of sp³-hybridized carbons (Fsp3) is 0.375. The van der Waals surface area contributed by atoms with Crippen molar-refractivity contribution >= 4 is 17.0 Å². The van der Waals surface area contributed by atoms with Crippen molar-refractivity contribution in [3.8, 4) is 5.75 Å². The first-order valence-corrected chi connectivity index (χ1v) is 7.83. The van der Waals surface area contributed by atoms with Crippen LogP contribution in [0.25, 0.3) is 0 Å². The number of nitrogens with two attached hydrogens (primary N) is 1. The minimum atomic E-state index is 0.719. The minimum Gasteiger partial charge on any atom is -0.495 e. The van der Waals surface area contributed by atoms with Crippen molar-refractivity contribution in [2.45, 2.75) is 32.0 Å². The maximum absolute atomic E-state index is 5.99. The Hall–Kier alpha value is -1.52. The van der Waals surface area contributed by atoms with E-state index in [0.29, 0.717) is 0 Å². The van der Waals surface area contributed by atoms with Gasteiger partial charge in [0.25, 0.3) is 0 Å². The van der Waals surface area contributed by atoms with Crippen LogP contribution in [0.5, 0.6) is 5.75 Å². The van der Waals surface area contributed by atoms with Gasteiger partial charge in [-0.25, -0.2) is 0 Å². The zero-order valence-corrected chi connectivity index (χ0v) is 12.5. The first-order chi connectivity index (χ1) is 9.76. The van der Waals surface area contributed by atoms with Crippen LogP contribution in [0, 0.1) is 0 Å². The highest BCUT2D eigenvalue weighted by atomic mass is 32.1. The lowest BCUT2D eigenvalue weighted by Crippen LogP contribution is -2.24. The molecule has 3 rings (SSSR count). The van der Waals surface area contributed by atoms with Gasteiger partial charge in [-0.15, -0.1) is 11.3 Å². The molecule has 20 heavy (non-hydrogen) atoms. The summed E-state index contributed by atoms with van der Waals surface area (Å²) >= 11 is 1.83. The Morgan fingerprint density at radius 2 is 2.15 bits per heavy atom. The highest BCUT2D eigenvalue weighted by Gasteiger charge is 2.29. The molecular weight excluding hydrogens is 268 g/mol. The number of hydrogen-bond acceptors (Lipinski definition) is 4. The molecule has 3 nitrogen and oxygen atoms in total. The first-order valence-electron chi connectivity index (χ1n) is 6.95. The topological polar surface area (TPSA) is 38.5 Å². The van der Waals surface area contributed by atoms with Crippen LogP contribution in [0.4, 0.5) is 5.69 Å². The molecule has 1 fully saturated rings. The summed E-state index contributed by atoms with van der Waals surface area (Å²) in [5.74, 6) is 0.755. The zero-order chi connectivity index (χ0) is 13.9. The van der Waals surface area contributed by atoms with Crippen LogP contribution >= 0.6 is 11.3 Å². The molecule has 2 N–H and O–H groups in total. The molecule has 1 aliphatic rings. The monoisotopic (exact) mass is 288 g/mol. The summed E-state index contributed by atoms with van der Waals surface area (Å²) in [5.41, 5.74) is 7.97. The van der Waals surface area contributed by atoms with E-state index in [1.165, 1.54) is 23.3 Å². The van der Waals surface area contributed by atoms with E-state index in [1.54, 1.807) is 7.11 Å². The van der Waals surface area contributed by atoms with E-state index >= 15 is 0 Å². The van der Waals surface area contributed by atoms with E-state index < -0.39 is 0 Å². The van der Waals surface area contributed by atoms with E-state index in [4.69, 9.17) is 10.5 Å². The average Bonchev–Trinajstić information content (AvgIpc) is 3.17. The van der Waals surface area contributed by atoms with Gasteiger partial charge in [0.1, 0.15) is 5.75 Å². The molecule has 0 radical (unpaired) electrons. The Bertz CT molecular complexity index is 564. The van der Waals surface area contributed by atoms with Crippen molar-refractivity contribution in [3.63, 3.8) is 0 Å². The number of methoxy groups -OCH3 is 1. The average molecular weight is 288 g/mol. The van der Waals surface area contributed by atoms with E-state index in [-0.39, 0.29) is 0 Å². The number of rotatable bonds is 6. The quantitative estimate of drug-likeness (QED) is 0.827. The van der Waals surface area contributed by atoms with Crippen LogP contribution in [0.1, 0.15) is 23.3 Å². The molecule has 0 spiro atoms. The maximum atomic E-state index is 5.99. The van der Waals surface area contributed by atoms with Crippen LogP contribution in [0.2, 0.25) is 0 Å². The summed E-state index contributed by atoms with van der Waals surface area (Å²) < 4.78 is 5.21. The Kier molecular flexibility index (Phi) is 3.94. The molecule has 1 saturated carbocycles. The van der Waals surface area contributed by atoms with Gasteiger partial charge in [-0.2, -0.15) is 0 Å². The molecule has 106 valence electrons. The number of hydrogen-bond donors (Lipinski definition) is 1. The van der Waals surface area contributed by atoms with Crippen LogP contribution in [0.15, 0.2) is 35.7 Å². The second kappa shape index (κ2) is 5.85. The highest BCUT2D eigenvalue weighted by molar-refractivity contribution is 7.09. The van der Waals surface area contributed by atoms with Gasteiger partial charge in [0.15, 0.2) is 0 Å². The molecule has 1 aromatic carbocycles. The van der Waals surface area contributed by atoms with E-state index in [0.717, 1.165) is 30.6 Å². The summed E-state index contributed by atoms with van der Waals surface area (Å²) in [4.78, 5) is 3.98. The molecule has 1 aromatic heterocycles. The summed E-state index contributed by atoms with van der Waals surface area (Å²) in [6.45, 7) is 1.99. The van der Waals surface area contributed by atoms with Crippen LogP contribution in [-0.4, -0.2) is 18.1 Å². The second-order valence-corrected chi connectivity index (χ2v) is 6.32. The maximum Gasteiger partial charge on any atom is 0.141 e. The largest absolute Gasteiger partial charge is 0.495 e. The number of anilines is 1. The molecule has 1 heterocycles. The SMILES string of the molecule is COc1ccc(CN(Cc2cccs2)C2CC2)cc1N. The van der Waals surface area contributed by atoms with Gasteiger partial charge < -0.3 is 10.5 Å². The normalized spacial score (nSPS) is 14.7. The fourth-order valence-corrected chi connectivity index (χ4v) is 3.20. The number of ether oxygens (including phenoxy) is 1. The van der Waals surface area contributed by atoms with E-state index in [2.05, 4.69) is 28.5 Å². The molecule has 0 amide bonds. The van der Waals surface area contributed by atoms with E-state index in [9.17, 15) is 0 Å². The Morgan fingerprint density at radius 3 is 2.75 bits per heavy atom. The predicted octanol–water partition coefficient (Wildman–Crippen LogP) is 3.50. The Labute approximate surface area is 124 Å². The lowest BCUT2D eigenvalue weighted by Gasteiger charge is -2.21. The number of thiophene rings is 1. The van der Waals surface area contributed by atoms with Gasteiger partial charge in [0.2, 0.25) is 0 Å². The van der Waals surface area contributed by atoms with Crippen molar-refractivity contribution in [1.29, 1.82) is 0 Å². The number of nitrogen functional groups attached to an aromatic ring is 1. The summed E-state index contributed by atoms with van der Waals surface area (Å²) in [6, 6.07) is 11.2. The van der Waals surface area contributed by atoms with Crippen LogP contribution < -0.4 is 10.5 Å². The standard InChI is InChI=1S/C16H20N2OS/c1-19-16-7-4-12(9-15(16)17)10-18(13-5-6-13)11-14-3-2-8-20-14/h2-4,7-9,13H,5-6,10-11,17H2,1H3. The molecule has 4 heteroatoms. The molecular formula is C16H20N2OS. The highest BCUT2D eigenvalue weighted by Crippen LogP contribution is 2.31. The number of benzene rings is 1. The third kappa shape index (κ3) is 3.14. The smallest absolute Gasteiger partial charge is 0.141 e. The minimum absolute atomic E-state index is 0.719. The van der Waals surface area contributed by atoms with Crippen molar-refractivity contribution < 1.29 is 4.74 Å². The molecule has 0 saturated heterocycles. The molecule has 2 aromatic rings. The molecule has 0 bridgehead atoms. The number of nitrogens with zero attached hydrogens (tertiary/aromatic N) is 1. The van der Waals surface area contributed by atoms with Crippen molar-refractivity contribution in [3.05, 3.63) is 46.2 Å².